The van der Waals surface area contributed by atoms with Gasteiger partial charge in [0.2, 0.25) is 0 Å². The van der Waals surface area contributed by atoms with E-state index in [4.69, 9.17) is 16.7 Å². The lowest BCUT2D eigenvalue weighted by atomic mass is 10.2. The number of aromatic carboxylic acids is 1. The molecule has 2 rings (SSSR count). The molecule has 20 heavy (non-hydrogen) atoms. The van der Waals surface area contributed by atoms with Gasteiger partial charge in [-0.15, -0.1) is 11.8 Å². The summed E-state index contributed by atoms with van der Waals surface area (Å²) in [5.74, 6) is -2.06. The Balaban J connectivity index is 2.14. The van der Waals surface area contributed by atoms with Gasteiger partial charge in [0.05, 0.1) is 10.6 Å². The number of hydrogen-bond acceptors (Lipinski definition) is 2. The Morgan fingerprint density at radius 1 is 1.15 bits per heavy atom. The third-order valence-electron chi connectivity index (χ3n) is 2.50. The molecule has 6 heteroatoms. The van der Waals surface area contributed by atoms with Crippen LogP contribution in [0, 0.1) is 11.6 Å². The van der Waals surface area contributed by atoms with Crippen molar-refractivity contribution in [2.24, 2.45) is 0 Å². The number of halogens is 3. The van der Waals surface area contributed by atoms with Gasteiger partial charge in [0.25, 0.3) is 0 Å². The van der Waals surface area contributed by atoms with Crippen molar-refractivity contribution >= 4 is 29.3 Å². The third kappa shape index (κ3) is 3.71. The van der Waals surface area contributed by atoms with E-state index in [1.165, 1.54) is 36.0 Å². The molecule has 0 fully saturated rings. The second kappa shape index (κ2) is 6.24. The van der Waals surface area contributed by atoms with Crippen molar-refractivity contribution in [1.29, 1.82) is 0 Å². The molecule has 0 saturated carbocycles. The first-order chi connectivity index (χ1) is 9.45. The highest BCUT2D eigenvalue weighted by atomic mass is 35.5. The van der Waals surface area contributed by atoms with Crippen LogP contribution in [0.1, 0.15) is 15.9 Å². The van der Waals surface area contributed by atoms with Crippen LogP contribution in [-0.2, 0) is 5.75 Å². The summed E-state index contributed by atoms with van der Waals surface area (Å²) in [4.78, 5) is 11.6. The summed E-state index contributed by atoms with van der Waals surface area (Å²) in [6.45, 7) is 0. The maximum absolute atomic E-state index is 13.0. The zero-order valence-electron chi connectivity index (χ0n) is 10.1. The van der Waals surface area contributed by atoms with Gasteiger partial charge in [0.15, 0.2) is 0 Å². The second-order valence-electron chi connectivity index (χ2n) is 4.01. The molecular weight excluding hydrogens is 306 g/mol. The van der Waals surface area contributed by atoms with Crippen LogP contribution in [0.25, 0.3) is 0 Å². The van der Waals surface area contributed by atoms with E-state index in [0.29, 0.717) is 16.2 Å². The van der Waals surface area contributed by atoms with Crippen molar-refractivity contribution in [1.82, 2.24) is 0 Å². The highest BCUT2D eigenvalue weighted by molar-refractivity contribution is 7.98. The summed E-state index contributed by atoms with van der Waals surface area (Å²) in [6.07, 6.45) is 0. The molecule has 0 aliphatic rings. The molecule has 2 aromatic rings. The fraction of sp³-hybridized carbons (Fsp3) is 0.0714. The first-order valence-corrected chi connectivity index (χ1v) is 6.92. The number of thioether (sulfide) groups is 1. The van der Waals surface area contributed by atoms with Crippen molar-refractivity contribution in [3.8, 4) is 0 Å². The van der Waals surface area contributed by atoms with Gasteiger partial charge in [0.1, 0.15) is 11.6 Å². The molecule has 0 bridgehead atoms. The van der Waals surface area contributed by atoms with Crippen molar-refractivity contribution < 1.29 is 18.7 Å². The highest BCUT2D eigenvalue weighted by Crippen LogP contribution is 2.27. The van der Waals surface area contributed by atoms with Crippen LogP contribution in [-0.4, -0.2) is 11.1 Å². The lowest BCUT2D eigenvalue weighted by Crippen LogP contribution is -1.97. The van der Waals surface area contributed by atoms with E-state index in [1.807, 2.05) is 0 Å². The predicted octanol–water partition coefficient (Wildman–Crippen LogP) is 4.61. The minimum absolute atomic E-state index is 0.00193. The zero-order chi connectivity index (χ0) is 14.7. The fourth-order valence-electron chi connectivity index (χ4n) is 1.62. The van der Waals surface area contributed by atoms with Crippen molar-refractivity contribution in [3.63, 3.8) is 0 Å². The maximum atomic E-state index is 13.0. The average molecular weight is 315 g/mol. The number of hydrogen-bond donors (Lipinski definition) is 1. The van der Waals surface area contributed by atoms with E-state index in [1.54, 1.807) is 6.07 Å². The first-order valence-electron chi connectivity index (χ1n) is 5.56. The Labute approximate surface area is 123 Å². The third-order valence-corrected chi connectivity index (χ3v) is 3.89. The molecule has 0 atom stereocenters. The van der Waals surface area contributed by atoms with Crippen molar-refractivity contribution in [2.75, 3.05) is 0 Å². The number of rotatable bonds is 4. The van der Waals surface area contributed by atoms with E-state index < -0.39 is 17.6 Å². The molecule has 1 N–H and O–H groups in total. The normalized spacial score (nSPS) is 10.6. The van der Waals surface area contributed by atoms with Gasteiger partial charge in [-0.05, 0) is 35.9 Å². The number of benzene rings is 2. The molecular formula is C14H9ClF2O2S. The van der Waals surface area contributed by atoms with E-state index in [-0.39, 0.29) is 10.6 Å². The molecule has 0 spiro atoms. The Bertz CT molecular complexity index is 641. The molecule has 104 valence electrons. The average Bonchev–Trinajstić information content (AvgIpc) is 2.36. The molecule has 0 heterocycles. The molecule has 2 aromatic carbocycles. The standard InChI is InChI=1S/C14H9ClF2O2S/c15-13-2-1-11(6-12(13)14(18)19)20-7-8-3-9(16)5-10(17)4-8/h1-6H,7H2,(H,18,19). The minimum atomic E-state index is -1.12. The smallest absolute Gasteiger partial charge is 0.337 e. The number of carboxylic acids is 1. The summed E-state index contributed by atoms with van der Waals surface area (Å²) >= 11 is 7.04. The van der Waals surface area contributed by atoms with Gasteiger partial charge in [-0.2, -0.15) is 0 Å². The Morgan fingerprint density at radius 3 is 2.40 bits per heavy atom. The van der Waals surface area contributed by atoms with E-state index in [9.17, 15) is 13.6 Å². The van der Waals surface area contributed by atoms with Crippen LogP contribution >= 0.6 is 23.4 Å². The minimum Gasteiger partial charge on any atom is -0.478 e. The van der Waals surface area contributed by atoms with Gasteiger partial charge < -0.3 is 5.11 Å². The lowest BCUT2D eigenvalue weighted by Gasteiger charge is -2.05. The zero-order valence-corrected chi connectivity index (χ0v) is 11.6. The van der Waals surface area contributed by atoms with Crippen LogP contribution in [0.15, 0.2) is 41.3 Å². The fourth-order valence-corrected chi connectivity index (χ4v) is 2.68. The summed E-state index contributed by atoms with van der Waals surface area (Å²) in [7, 11) is 0. The van der Waals surface area contributed by atoms with Crippen LogP contribution in [0.5, 0.6) is 0 Å². The maximum Gasteiger partial charge on any atom is 0.337 e. The van der Waals surface area contributed by atoms with E-state index >= 15 is 0 Å². The molecule has 0 radical (unpaired) electrons. The summed E-state index contributed by atoms with van der Waals surface area (Å²) in [5.41, 5.74) is 0.487. The molecule has 0 amide bonds. The van der Waals surface area contributed by atoms with Gasteiger partial charge >= 0.3 is 5.97 Å². The van der Waals surface area contributed by atoms with Gasteiger partial charge in [0, 0.05) is 16.7 Å². The topological polar surface area (TPSA) is 37.3 Å². The monoisotopic (exact) mass is 314 g/mol. The summed E-state index contributed by atoms with van der Waals surface area (Å²) in [6, 6.07) is 7.87. The SMILES string of the molecule is O=C(O)c1cc(SCc2cc(F)cc(F)c2)ccc1Cl. The van der Waals surface area contributed by atoms with E-state index in [0.717, 1.165) is 6.07 Å². The Morgan fingerprint density at radius 2 is 1.80 bits per heavy atom. The molecule has 0 saturated heterocycles. The second-order valence-corrected chi connectivity index (χ2v) is 5.47. The molecule has 0 aliphatic carbocycles. The van der Waals surface area contributed by atoms with Crippen LogP contribution in [0.4, 0.5) is 8.78 Å². The Hall–Kier alpha value is -1.59. The molecule has 0 aromatic heterocycles. The van der Waals surface area contributed by atoms with Crippen molar-refractivity contribution in [3.05, 3.63) is 64.2 Å². The summed E-state index contributed by atoms with van der Waals surface area (Å²) < 4.78 is 26.1. The molecule has 2 nitrogen and oxygen atoms in total. The van der Waals surface area contributed by atoms with Gasteiger partial charge in [-0.25, -0.2) is 13.6 Å². The lowest BCUT2D eigenvalue weighted by molar-refractivity contribution is 0.0697. The Kier molecular flexibility index (Phi) is 4.62. The van der Waals surface area contributed by atoms with Crippen LogP contribution in [0.3, 0.4) is 0 Å². The van der Waals surface area contributed by atoms with Crippen molar-refractivity contribution in [2.45, 2.75) is 10.6 Å². The largest absolute Gasteiger partial charge is 0.478 e. The van der Waals surface area contributed by atoms with E-state index in [2.05, 4.69) is 0 Å². The first kappa shape index (κ1) is 14.8. The quantitative estimate of drug-likeness (QED) is 0.837. The highest BCUT2D eigenvalue weighted by Gasteiger charge is 2.10. The number of carbonyl (C=O) groups is 1. The molecule has 0 unspecified atom stereocenters. The van der Waals surface area contributed by atoms with Crippen LogP contribution in [0.2, 0.25) is 5.02 Å². The van der Waals surface area contributed by atoms with Crippen LogP contribution < -0.4 is 0 Å². The summed E-state index contributed by atoms with van der Waals surface area (Å²) in [5, 5.41) is 9.11. The predicted molar refractivity (Wildman–Crippen MR) is 74.3 cm³/mol. The van der Waals surface area contributed by atoms with Gasteiger partial charge in [-0.1, -0.05) is 11.6 Å². The number of carboxylic acid groups (broad SMARTS) is 1. The van der Waals surface area contributed by atoms with Gasteiger partial charge in [-0.3, -0.25) is 0 Å². The molecule has 0 aliphatic heterocycles.